The summed E-state index contributed by atoms with van der Waals surface area (Å²) < 4.78 is 117. The molecule has 0 radical (unpaired) electrons. The summed E-state index contributed by atoms with van der Waals surface area (Å²) in [5, 5.41) is 2.46. The lowest BCUT2D eigenvalue weighted by Crippen LogP contribution is -2.26. The van der Waals surface area contributed by atoms with Crippen molar-refractivity contribution in [3.05, 3.63) is 82.2 Å². The maximum atomic E-state index is 15.3. The molecule has 4 aromatic rings. The van der Waals surface area contributed by atoms with Crippen LogP contribution in [0.3, 0.4) is 0 Å². The van der Waals surface area contributed by atoms with Crippen molar-refractivity contribution in [2.75, 3.05) is 5.32 Å². The van der Waals surface area contributed by atoms with Gasteiger partial charge in [-0.15, -0.1) is 0 Å². The number of hydrogen-bond donors (Lipinski definition) is 2. The van der Waals surface area contributed by atoms with Gasteiger partial charge in [0.2, 0.25) is 10.0 Å². The third kappa shape index (κ3) is 7.02. The monoisotopic (exact) mass is 693 g/mol. The van der Waals surface area contributed by atoms with Gasteiger partial charge in [0.25, 0.3) is 6.29 Å². The predicted octanol–water partition coefficient (Wildman–Crippen LogP) is 7.46. The molecule has 0 saturated heterocycles. The van der Waals surface area contributed by atoms with Crippen molar-refractivity contribution in [2.24, 2.45) is 0 Å². The van der Waals surface area contributed by atoms with Crippen LogP contribution in [0.2, 0.25) is 0 Å². The molecule has 1 aliphatic rings. The number of nitrogens with one attached hydrogen (secondary N) is 2. The lowest BCUT2D eigenvalue weighted by molar-refractivity contribution is -0.396. The number of nitrogens with zero attached hydrogens (tertiary/aromatic N) is 1. The Balaban J connectivity index is 1.68. The standard InChI is InChI=1S/C26H18BrF6N3O6S/c27-13-5-20(30)23-21(6-13)34-11-22(43(37,38)36-16-1-2-16)24(23)35-17-3-12(25(40-31)26(41-32)42-33)4-18(10-17)39-19-8-14(28)7-15(29)9-19/h3-11,16,25-26,36H,1-2H2,(H,34,35). The van der Waals surface area contributed by atoms with Gasteiger partial charge in [-0.2, -0.15) is 14.8 Å². The fourth-order valence-corrected chi connectivity index (χ4v) is 6.01. The average Bonchev–Trinajstić information content (AvgIpc) is 3.73. The van der Waals surface area contributed by atoms with E-state index in [1.807, 2.05) is 0 Å². The second kappa shape index (κ2) is 12.6. The van der Waals surface area contributed by atoms with Crippen molar-refractivity contribution in [1.82, 2.24) is 9.71 Å². The van der Waals surface area contributed by atoms with Crippen LogP contribution in [0.1, 0.15) is 24.5 Å². The van der Waals surface area contributed by atoms with E-state index in [1.165, 1.54) is 6.07 Å². The molecule has 1 atom stereocenters. The normalized spacial score (nSPS) is 14.3. The largest absolute Gasteiger partial charge is 0.457 e. The van der Waals surface area contributed by atoms with Crippen molar-refractivity contribution in [3.63, 3.8) is 0 Å². The molecule has 1 heterocycles. The Kier molecular flexibility index (Phi) is 9.10. The zero-order valence-electron chi connectivity index (χ0n) is 21.3. The van der Waals surface area contributed by atoms with Crippen LogP contribution in [-0.2, 0) is 24.8 Å². The number of benzene rings is 3. The second-order valence-corrected chi connectivity index (χ2v) is 12.0. The summed E-state index contributed by atoms with van der Waals surface area (Å²) in [4.78, 5) is 13.8. The molecule has 1 aromatic heterocycles. The molecule has 17 heteroatoms. The van der Waals surface area contributed by atoms with E-state index in [-0.39, 0.29) is 39.8 Å². The first-order valence-electron chi connectivity index (χ1n) is 12.2. The van der Waals surface area contributed by atoms with E-state index in [4.69, 9.17) is 4.74 Å². The van der Waals surface area contributed by atoms with Gasteiger partial charge < -0.3 is 10.1 Å². The summed E-state index contributed by atoms with van der Waals surface area (Å²) >= 11 is 3.15. The summed E-state index contributed by atoms with van der Waals surface area (Å²) in [5.41, 5.74) is -0.896. The molecule has 1 aliphatic carbocycles. The lowest BCUT2D eigenvalue weighted by atomic mass is 10.1. The minimum atomic E-state index is -4.28. The average molecular weight is 694 g/mol. The van der Waals surface area contributed by atoms with Gasteiger partial charge in [0.1, 0.15) is 33.8 Å². The van der Waals surface area contributed by atoms with Crippen molar-refractivity contribution < 1.29 is 54.7 Å². The quantitative estimate of drug-likeness (QED) is 0.116. The molecule has 1 saturated carbocycles. The Morgan fingerprint density at radius 1 is 0.884 bits per heavy atom. The van der Waals surface area contributed by atoms with Gasteiger partial charge in [0.05, 0.1) is 16.6 Å². The summed E-state index contributed by atoms with van der Waals surface area (Å²) in [6.45, 7) is 0. The van der Waals surface area contributed by atoms with E-state index in [1.54, 1.807) is 0 Å². The van der Waals surface area contributed by atoms with Crippen LogP contribution >= 0.6 is 15.9 Å². The van der Waals surface area contributed by atoms with Crippen LogP contribution in [0.15, 0.2) is 64.1 Å². The molecule has 0 amide bonds. The van der Waals surface area contributed by atoms with E-state index in [9.17, 15) is 30.8 Å². The van der Waals surface area contributed by atoms with E-state index in [0.29, 0.717) is 23.4 Å². The highest BCUT2D eigenvalue weighted by atomic mass is 79.9. The lowest BCUT2D eigenvalue weighted by Gasteiger charge is -2.20. The number of anilines is 2. The van der Waals surface area contributed by atoms with Crippen molar-refractivity contribution in [2.45, 2.75) is 36.2 Å². The summed E-state index contributed by atoms with van der Waals surface area (Å²) in [6.07, 6.45) is -2.66. The van der Waals surface area contributed by atoms with Gasteiger partial charge in [0, 0.05) is 46.7 Å². The molecule has 43 heavy (non-hydrogen) atoms. The molecule has 0 spiro atoms. The first-order chi connectivity index (χ1) is 20.5. The van der Waals surface area contributed by atoms with Gasteiger partial charge >= 0.3 is 0 Å². The Labute approximate surface area is 247 Å². The number of pyridine rings is 1. The number of ether oxygens (including phenoxy) is 1. The van der Waals surface area contributed by atoms with Crippen molar-refractivity contribution in [1.29, 1.82) is 0 Å². The molecule has 5 rings (SSSR count). The minimum absolute atomic E-state index is 0.0318. The molecule has 0 bridgehead atoms. The Morgan fingerprint density at radius 3 is 2.19 bits per heavy atom. The molecule has 9 nitrogen and oxygen atoms in total. The molecule has 228 valence electrons. The number of rotatable bonds is 12. The molecular weight excluding hydrogens is 676 g/mol. The fourth-order valence-electron chi connectivity index (χ4n) is 4.18. The number of hydrogen-bond acceptors (Lipinski definition) is 8. The highest BCUT2D eigenvalue weighted by Gasteiger charge is 2.33. The van der Waals surface area contributed by atoms with E-state index >= 15 is 4.39 Å². The SMILES string of the molecule is O=S(=O)(NC1CC1)c1cnc2cc(Br)cc(F)c2c1Nc1cc(Oc2cc(F)cc(F)c2)cc(C(OF)C(OF)OF)c1. The topological polar surface area (TPSA) is 108 Å². The summed E-state index contributed by atoms with van der Waals surface area (Å²) in [7, 11) is -4.28. The van der Waals surface area contributed by atoms with Gasteiger partial charge in [-0.1, -0.05) is 15.9 Å². The van der Waals surface area contributed by atoms with Crippen LogP contribution < -0.4 is 14.8 Å². The van der Waals surface area contributed by atoms with E-state index in [2.05, 4.69) is 45.8 Å². The Bertz CT molecular complexity index is 1760. The highest BCUT2D eigenvalue weighted by molar-refractivity contribution is 9.10. The number of fused-ring (bicyclic) bond motifs is 1. The van der Waals surface area contributed by atoms with Crippen molar-refractivity contribution >= 4 is 48.2 Å². The molecule has 1 fully saturated rings. The van der Waals surface area contributed by atoms with Gasteiger partial charge in [-0.25, -0.2) is 26.3 Å². The van der Waals surface area contributed by atoms with E-state index < -0.39 is 50.3 Å². The third-order valence-corrected chi connectivity index (χ3v) is 8.15. The first-order valence-corrected chi connectivity index (χ1v) is 14.5. The van der Waals surface area contributed by atoms with Gasteiger partial charge in [-0.05, 0) is 56.2 Å². The van der Waals surface area contributed by atoms with Crippen LogP contribution in [0.25, 0.3) is 10.9 Å². The first kappa shape index (κ1) is 31.0. The van der Waals surface area contributed by atoms with E-state index in [0.717, 1.165) is 42.6 Å². The fraction of sp³-hybridized carbons (Fsp3) is 0.192. The maximum Gasteiger partial charge on any atom is 0.268 e. The molecule has 1 unspecified atom stereocenters. The predicted molar refractivity (Wildman–Crippen MR) is 142 cm³/mol. The number of halogens is 7. The van der Waals surface area contributed by atoms with Crippen LogP contribution in [0.5, 0.6) is 11.5 Å². The second-order valence-electron chi connectivity index (χ2n) is 9.35. The van der Waals surface area contributed by atoms with Crippen LogP contribution in [0.4, 0.5) is 38.1 Å². The van der Waals surface area contributed by atoms with Gasteiger partial charge in [0.15, 0.2) is 6.10 Å². The van der Waals surface area contributed by atoms with Crippen LogP contribution in [-0.4, -0.2) is 25.7 Å². The zero-order chi connectivity index (χ0) is 30.9. The molecule has 2 N–H and O–H groups in total. The molecular formula is C26H18BrF6N3O6S. The maximum absolute atomic E-state index is 15.3. The number of sulfonamides is 1. The smallest absolute Gasteiger partial charge is 0.268 e. The zero-order valence-corrected chi connectivity index (χ0v) is 23.7. The van der Waals surface area contributed by atoms with Crippen LogP contribution in [0, 0.1) is 17.5 Å². The molecule has 0 aliphatic heterocycles. The summed E-state index contributed by atoms with van der Waals surface area (Å²) in [5.74, 6) is -3.58. The van der Waals surface area contributed by atoms with Crippen molar-refractivity contribution in [3.8, 4) is 11.5 Å². The molecule has 3 aromatic carbocycles. The Hall–Kier alpha value is -3.48. The highest BCUT2D eigenvalue weighted by Crippen LogP contribution is 2.39. The Morgan fingerprint density at radius 2 is 1.56 bits per heavy atom. The van der Waals surface area contributed by atoms with Gasteiger partial charge in [-0.3, -0.25) is 4.98 Å². The minimum Gasteiger partial charge on any atom is -0.457 e. The third-order valence-electron chi connectivity index (χ3n) is 6.16. The summed E-state index contributed by atoms with van der Waals surface area (Å²) in [6, 6.07) is 7.49. The number of aromatic nitrogens is 1.